The highest BCUT2D eigenvalue weighted by Crippen LogP contribution is 2.28. The maximum absolute atomic E-state index is 14.3. The molecule has 3 rings (SSSR count). The highest BCUT2D eigenvalue weighted by Gasteiger charge is 2.18. The number of benzene rings is 1. The van der Waals surface area contributed by atoms with E-state index in [4.69, 9.17) is 23.2 Å². The average Bonchev–Trinajstić information content (AvgIpc) is 3.12. The van der Waals surface area contributed by atoms with Crippen molar-refractivity contribution in [2.24, 2.45) is 7.05 Å². The predicted molar refractivity (Wildman–Crippen MR) is 91.2 cm³/mol. The molecule has 0 saturated carbocycles. The van der Waals surface area contributed by atoms with E-state index in [1.807, 2.05) is 4.90 Å². The number of hydrogen-bond acceptors (Lipinski definition) is 2. The van der Waals surface area contributed by atoms with Crippen molar-refractivity contribution in [3.63, 3.8) is 0 Å². The Bertz CT molecular complexity index is 754. The van der Waals surface area contributed by atoms with E-state index in [9.17, 15) is 9.18 Å². The Balaban J connectivity index is 1.78. The molecule has 0 unspecified atom stereocenters. The minimum absolute atomic E-state index is 0.285. The second kappa shape index (κ2) is 6.42. The van der Waals surface area contributed by atoms with E-state index in [0.29, 0.717) is 22.1 Å². The Morgan fingerprint density at radius 3 is 2.48 bits per heavy atom. The number of carbonyl (C=O) groups excluding carboxylic acids is 1. The molecule has 1 saturated heterocycles. The number of carbonyl (C=O) groups is 1. The molecule has 4 nitrogen and oxygen atoms in total. The lowest BCUT2D eigenvalue weighted by Crippen LogP contribution is -2.19. The number of halogens is 3. The third kappa shape index (κ3) is 3.16. The minimum Gasteiger partial charge on any atom is -0.369 e. The standard InChI is InChI=1S/C16H16Cl2FN3O/c1-21-14(9-11(17)15(21)18)16(23)20-10-4-5-13(12(19)8-10)22-6-2-3-7-22/h4-5,8-9H,2-3,6-7H2,1H3,(H,20,23). The van der Waals surface area contributed by atoms with Crippen LogP contribution in [0.3, 0.4) is 0 Å². The van der Waals surface area contributed by atoms with Gasteiger partial charge in [-0.05, 0) is 37.1 Å². The molecular formula is C16H16Cl2FN3O. The van der Waals surface area contributed by atoms with Crippen molar-refractivity contribution in [1.29, 1.82) is 0 Å². The zero-order valence-electron chi connectivity index (χ0n) is 12.6. The van der Waals surface area contributed by atoms with Crippen molar-refractivity contribution < 1.29 is 9.18 Å². The summed E-state index contributed by atoms with van der Waals surface area (Å²) in [5.41, 5.74) is 1.28. The number of amides is 1. The smallest absolute Gasteiger partial charge is 0.272 e. The number of anilines is 2. The molecule has 1 N–H and O–H groups in total. The highest BCUT2D eigenvalue weighted by molar-refractivity contribution is 6.42. The van der Waals surface area contributed by atoms with Crippen LogP contribution in [0.1, 0.15) is 23.3 Å². The second-order valence-electron chi connectivity index (χ2n) is 5.54. The van der Waals surface area contributed by atoms with Gasteiger partial charge in [0.15, 0.2) is 0 Å². The summed E-state index contributed by atoms with van der Waals surface area (Å²) in [7, 11) is 1.64. The lowest BCUT2D eigenvalue weighted by Gasteiger charge is -2.18. The summed E-state index contributed by atoms with van der Waals surface area (Å²) in [6.45, 7) is 1.73. The number of rotatable bonds is 3. The molecule has 0 radical (unpaired) electrons. The Kier molecular flexibility index (Phi) is 4.50. The third-order valence-electron chi connectivity index (χ3n) is 4.00. The van der Waals surface area contributed by atoms with Crippen LogP contribution in [0.15, 0.2) is 24.3 Å². The largest absolute Gasteiger partial charge is 0.369 e. The summed E-state index contributed by atoms with van der Waals surface area (Å²) < 4.78 is 15.7. The molecule has 2 aromatic rings. The molecule has 1 fully saturated rings. The maximum atomic E-state index is 14.3. The normalized spacial score (nSPS) is 14.3. The molecule has 0 atom stereocenters. The van der Waals surface area contributed by atoms with Gasteiger partial charge in [0, 0.05) is 25.8 Å². The first-order valence-corrected chi connectivity index (χ1v) is 8.09. The Labute approximate surface area is 143 Å². The fraction of sp³-hybridized carbons (Fsp3) is 0.312. The Hall–Kier alpha value is -1.72. The first-order chi connectivity index (χ1) is 11.0. The number of nitrogens with zero attached hydrogens (tertiary/aromatic N) is 2. The van der Waals surface area contributed by atoms with Gasteiger partial charge >= 0.3 is 0 Å². The number of nitrogens with one attached hydrogen (secondary N) is 1. The molecule has 1 aromatic carbocycles. The third-order valence-corrected chi connectivity index (χ3v) is 4.84. The van der Waals surface area contributed by atoms with E-state index in [2.05, 4.69) is 5.32 Å². The topological polar surface area (TPSA) is 37.3 Å². The summed E-state index contributed by atoms with van der Waals surface area (Å²) in [6, 6.07) is 6.20. The van der Waals surface area contributed by atoms with E-state index < -0.39 is 5.91 Å². The fourth-order valence-corrected chi connectivity index (χ4v) is 3.13. The quantitative estimate of drug-likeness (QED) is 0.889. The first kappa shape index (κ1) is 16.1. The van der Waals surface area contributed by atoms with Crippen LogP contribution in [-0.4, -0.2) is 23.6 Å². The van der Waals surface area contributed by atoms with E-state index in [-0.39, 0.29) is 11.0 Å². The predicted octanol–water partition coefficient (Wildman–Crippen LogP) is 4.32. The van der Waals surface area contributed by atoms with Gasteiger partial charge in [-0.25, -0.2) is 4.39 Å². The molecule has 7 heteroatoms. The molecule has 1 aromatic heterocycles. The van der Waals surface area contributed by atoms with Crippen molar-refractivity contribution in [2.45, 2.75) is 12.8 Å². The van der Waals surface area contributed by atoms with Crippen LogP contribution in [0.25, 0.3) is 0 Å². The van der Waals surface area contributed by atoms with Gasteiger partial charge in [-0.3, -0.25) is 4.79 Å². The zero-order chi connectivity index (χ0) is 16.6. The lowest BCUT2D eigenvalue weighted by molar-refractivity contribution is 0.101. The average molecular weight is 356 g/mol. The first-order valence-electron chi connectivity index (χ1n) is 7.34. The van der Waals surface area contributed by atoms with Crippen LogP contribution in [0, 0.1) is 5.82 Å². The van der Waals surface area contributed by atoms with Gasteiger partial charge in [-0.15, -0.1) is 0 Å². The number of hydrogen-bond donors (Lipinski definition) is 1. The van der Waals surface area contributed by atoms with Crippen molar-refractivity contribution in [3.05, 3.63) is 46.0 Å². The SMILES string of the molecule is Cn1c(C(=O)Nc2ccc(N3CCCC3)c(F)c2)cc(Cl)c1Cl. The van der Waals surface area contributed by atoms with Crippen LogP contribution in [0.2, 0.25) is 10.2 Å². The summed E-state index contributed by atoms with van der Waals surface area (Å²) >= 11 is 11.9. The van der Waals surface area contributed by atoms with Crippen LogP contribution in [0.4, 0.5) is 15.8 Å². The minimum atomic E-state index is -0.394. The van der Waals surface area contributed by atoms with E-state index in [1.54, 1.807) is 19.2 Å². The second-order valence-corrected chi connectivity index (χ2v) is 6.31. The van der Waals surface area contributed by atoms with Gasteiger partial charge in [0.1, 0.15) is 16.7 Å². The Morgan fingerprint density at radius 1 is 1.22 bits per heavy atom. The molecule has 122 valence electrons. The lowest BCUT2D eigenvalue weighted by atomic mass is 10.2. The van der Waals surface area contributed by atoms with Gasteiger partial charge < -0.3 is 14.8 Å². The van der Waals surface area contributed by atoms with Crippen LogP contribution in [-0.2, 0) is 7.05 Å². The van der Waals surface area contributed by atoms with Crippen molar-refractivity contribution in [2.75, 3.05) is 23.3 Å². The van der Waals surface area contributed by atoms with E-state index in [0.717, 1.165) is 25.9 Å². The molecule has 0 spiro atoms. The summed E-state index contributed by atoms with van der Waals surface area (Å²) in [6.07, 6.45) is 2.15. The van der Waals surface area contributed by atoms with Crippen LogP contribution < -0.4 is 10.2 Å². The highest BCUT2D eigenvalue weighted by atomic mass is 35.5. The van der Waals surface area contributed by atoms with Gasteiger partial charge in [0.25, 0.3) is 5.91 Å². The van der Waals surface area contributed by atoms with Gasteiger partial charge in [0.05, 0.1) is 10.7 Å². The molecule has 1 amide bonds. The van der Waals surface area contributed by atoms with Gasteiger partial charge in [-0.2, -0.15) is 0 Å². The molecule has 2 heterocycles. The molecule has 0 bridgehead atoms. The van der Waals surface area contributed by atoms with Gasteiger partial charge in [-0.1, -0.05) is 23.2 Å². The molecule has 23 heavy (non-hydrogen) atoms. The molecule has 1 aliphatic rings. The van der Waals surface area contributed by atoms with Crippen LogP contribution >= 0.6 is 23.2 Å². The van der Waals surface area contributed by atoms with Gasteiger partial charge in [0.2, 0.25) is 0 Å². The van der Waals surface area contributed by atoms with Crippen molar-refractivity contribution >= 4 is 40.5 Å². The summed E-state index contributed by atoms with van der Waals surface area (Å²) in [5.74, 6) is -0.734. The maximum Gasteiger partial charge on any atom is 0.272 e. The monoisotopic (exact) mass is 355 g/mol. The van der Waals surface area contributed by atoms with E-state index >= 15 is 0 Å². The fourth-order valence-electron chi connectivity index (χ4n) is 2.75. The zero-order valence-corrected chi connectivity index (χ0v) is 14.1. The number of aromatic nitrogens is 1. The molecule has 0 aliphatic carbocycles. The van der Waals surface area contributed by atoms with E-state index in [1.165, 1.54) is 16.7 Å². The molecule has 1 aliphatic heterocycles. The van der Waals surface area contributed by atoms with Crippen LogP contribution in [0.5, 0.6) is 0 Å². The Morgan fingerprint density at radius 2 is 1.91 bits per heavy atom. The van der Waals surface area contributed by atoms with Crippen molar-refractivity contribution in [3.8, 4) is 0 Å². The van der Waals surface area contributed by atoms with Crippen molar-refractivity contribution in [1.82, 2.24) is 4.57 Å². The summed E-state index contributed by atoms with van der Waals surface area (Å²) in [5, 5.41) is 3.25. The molecular weight excluding hydrogens is 340 g/mol. The summed E-state index contributed by atoms with van der Waals surface area (Å²) in [4.78, 5) is 14.3.